The molecule has 3 N–H and O–H groups in total. The predicted octanol–water partition coefficient (Wildman–Crippen LogP) is 1.68. The van der Waals surface area contributed by atoms with Crippen LogP contribution in [0.5, 0.6) is 0 Å². The number of nitrogens with two attached hydrogens (primary N) is 1. The maximum absolute atomic E-state index is 11.6. The third kappa shape index (κ3) is 2.17. The Balaban J connectivity index is 2.15. The van der Waals surface area contributed by atoms with Gasteiger partial charge < -0.3 is 11.1 Å². The molecule has 5 nitrogen and oxygen atoms in total. The van der Waals surface area contributed by atoms with Crippen molar-refractivity contribution >= 4 is 28.8 Å². The average Bonchev–Trinajstić information content (AvgIpc) is 2.77. The number of nitrogens with one attached hydrogen (secondary N) is 1. The molecule has 82 valence electrons. The molecule has 0 saturated heterocycles. The Morgan fingerprint density at radius 3 is 2.94 bits per heavy atom. The third-order valence-corrected chi connectivity index (χ3v) is 2.79. The third-order valence-electron chi connectivity index (χ3n) is 2.12. The Kier molecular flexibility index (Phi) is 2.82. The van der Waals surface area contributed by atoms with Crippen molar-refractivity contribution in [2.24, 2.45) is 0 Å². The van der Waals surface area contributed by atoms with Crippen LogP contribution in [-0.2, 0) is 0 Å². The summed E-state index contributed by atoms with van der Waals surface area (Å²) in [4.78, 5) is 12.1. The molecule has 0 aliphatic rings. The Labute approximate surface area is 96.5 Å². The Bertz CT molecular complexity index is 510. The zero-order valence-corrected chi connectivity index (χ0v) is 9.41. The summed E-state index contributed by atoms with van der Waals surface area (Å²) >= 11 is 1.05. The minimum absolute atomic E-state index is 0.224. The molecule has 1 aromatic heterocycles. The monoisotopic (exact) mass is 234 g/mol. The van der Waals surface area contributed by atoms with Crippen LogP contribution in [-0.4, -0.2) is 15.5 Å². The molecule has 2 rings (SSSR count). The molecule has 1 aromatic carbocycles. The van der Waals surface area contributed by atoms with Crippen molar-refractivity contribution in [2.45, 2.75) is 6.92 Å². The number of benzene rings is 1. The minimum atomic E-state index is -0.224. The standard InChI is InChI=1S/C10H10N4OS/c1-6-2-3-7(4-8(6)11)13-10(15)9-5-12-14-16-9/h2-5H,11H2,1H3,(H,13,15). The molecule has 1 heterocycles. The lowest BCUT2D eigenvalue weighted by atomic mass is 10.2. The number of hydrogen-bond acceptors (Lipinski definition) is 5. The maximum atomic E-state index is 11.6. The van der Waals surface area contributed by atoms with Gasteiger partial charge in [0.25, 0.3) is 5.91 Å². The lowest BCUT2D eigenvalue weighted by Crippen LogP contribution is -2.10. The number of nitrogens with zero attached hydrogens (tertiary/aromatic N) is 2. The highest BCUT2D eigenvalue weighted by atomic mass is 32.1. The van der Waals surface area contributed by atoms with E-state index in [0.29, 0.717) is 16.3 Å². The normalized spacial score (nSPS) is 10.1. The number of anilines is 2. The van der Waals surface area contributed by atoms with Gasteiger partial charge >= 0.3 is 0 Å². The second-order valence-electron chi connectivity index (χ2n) is 3.31. The zero-order chi connectivity index (χ0) is 11.5. The summed E-state index contributed by atoms with van der Waals surface area (Å²) < 4.78 is 3.62. The van der Waals surface area contributed by atoms with Crippen molar-refractivity contribution < 1.29 is 4.79 Å². The first-order valence-corrected chi connectivity index (χ1v) is 5.39. The molecule has 0 aliphatic heterocycles. The fraction of sp³-hybridized carbons (Fsp3) is 0.100. The SMILES string of the molecule is Cc1ccc(NC(=O)c2cnns2)cc1N. The molecule has 0 unspecified atom stereocenters. The van der Waals surface area contributed by atoms with Gasteiger partial charge in [-0.25, -0.2) is 0 Å². The van der Waals surface area contributed by atoms with Crippen molar-refractivity contribution in [1.29, 1.82) is 0 Å². The predicted molar refractivity (Wildman–Crippen MR) is 63.5 cm³/mol. The highest BCUT2D eigenvalue weighted by Crippen LogP contribution is 2.17. The Morgan fingerprint density at radius 2 is 2.31 bits per heavy atom. The van der Waals surface area contributed by atoms with Gasteiger partial charge in [0.2, 0.25) is 0 Å². The highest BCUT2D eigenvalue weighted by Gasteiger charge is 2.08. The Morgan fingerprint density at radius 1 is 1.50 bits per heavy atom. The number of carbonyl (C=O) groups excluding carboxylic acids is 1. The molecule has 0 atom stereocenters. The minimum Gasteiger partial charge on any atom is -0.398 e. The lowest BCUT2D eigenvalue weighted by molar-refractivity contribution is 0.103. The molecule has 0 bridgehead atoms. The van der Waals surface area contributed by atoms with Crippen LogP contribution in [0.3, 0.4) is 0 Å². The van der Waals surface area contributed by atoms with Crippen LogP contribution >= 0.6 is 11.5 Å². The lowest BCUT2D eigenvalue weighted by Gasteiger charge is -2.05. The van der Waals surface area contributed by atoms with Crippen LogP contribution in [0.15, 0.2) is 24.4 Å². The van der Waals surface area contributed by atoms with Crippen LogP contribution in [0.1, 0.15) is 15.2 Å². The molecule has 0 fully saturated rings. The number of rotatable bonds is 2. The largest absolute Gasteiger partial charge is 0.398 e. The molecule has 0 saturated carbocycles. The molecular formula is C10H10N4OS. The van der Waals surface area contributed by atoms with E-state index in [0.717, 1.165) is 17.1 Å². The van der Waals surface area contributed by atoms with E-state index < -0.39 is 0 Å². The van der Waals surface area contributed by atoms with Gasteiger partial charge in [0, 0.05) is 11.4 Å². The molecule has 16 heavy (non-hydrogen) atoms. The first kappa shape index (κ1) is 10.6. The van der Waals surface area contributed by atoms with Gasteiger partial charge in [-0.15, -0.1) is 5.10 Å². The topological polar surface area (TPSA) is 80.9 Å². The van der Waals surface area contributed by atoms with Crippen molar-refractivity contribution in [3.8, 4) is 0 Å². The van der Waals surface area contributed by atoms with Gasteiger partial charge in [-0.1, -0.05) is 10.6 Å². The van der Waals surface area contributed by atoms with Gasteiger partial charge in [0.15, 0.2) is 0 Å². The number of aryl methyl sites for hydroxylation is 1. The molecule has 0 radical (unpaired) electrons. The van der Waals surface area contributed by atoms with Gasteiger partial charge in [0.1, 0.15) is 4.88 Å². The molecule has 6 heteroatoms. The van der Waals surface area contributed by atoms with Crippen LogP contribution < -0.4 is 11.1 Å². The van der Waals surface area contributed by atoms with E-state index in [4.69, 9.17) is 5.73 Å². The fourth-order valence-electron chi connectivity index (χ4n) is 1.18. The van der Waals surface area contributed by atoms with E-state index >= 15 is 0 Å². The number of amides is 1. The molecule has 2 aromatic rings. The van der Waals surface area contributed by atoms with Crippen molar-refractivity contribution in [2.75, 3.05) is 11.1 Å². The van der Waals surface area contributed by atoms with Crippen LogP contribution in [0, 0.1) is 6.92 Å². The summed E-state index contributed by atoms with van der Waals surface area (Å²) in [6, 6.07) is 5.38. The second kappa shape index (κ2) is 4.28. The van der Waals surface area contributed by atoms with E-state index in [1.807, 2.05) is 13.0 Å². The summed E-state index contributed by atoms with van der Waals surface area (Å²) in [5, 5.41) is 6.32. The molecule has 0 aliphatic carbocycles. The molecular weight excluding hydrogens is 224 g/mol. The first-order valence-electron chi connectivity index (χ1n) is 4.61. The quantitative estimate of drug-likeness (QED) is 0.775. The second-order valence-corrected chi connectivity index (χ2v) is 4.09. The summed E-state index contributed by atoms with van der Waals surface area (Å²) in [5.74, 6) is -0.224. The van der Waals surface area contributed by atoms with Gasteiger partial charge in [-0.2, -0.15) is 0 Å². The van der Waals surface area contributed by atoms with Crippen molar-refractivity contribution in [3.63, 3.8) is 0 Å². The van der Waals surface area contributed by atoms with E-state index in [1.165, 1.54) is 6.20 Å². The summed E-state index contributed by atoms with van der Waals surface area (Å²) in [6.45, 7) is 1.91. The van der Waals surface area contributed by atoms with Gasteiger partial charge in [-0.05, 0) is 36.2 Å². The number of nitrogen functional groups attached to an aromatic ring is 1. The first-order chi connectivity index (χ1) is 7.66. The number of aromatic nitrogens is 2. The van der Waals surface area contributed by atoms with Crippen LogP contribution in [0.25, 0.3) is 0 Å². The smallest absolute Gasteiger partial charge is 0.269 e. The highest BCUT2D eigenvalue weighted by molar-refractivity contribution is 7.07. The summed E-state index contributed by atoms with van der Waals surface area (Å²) in [6.07, 6.45) is 1.43. The van der Waals surface area contributed by atoms with Crippen LogP contribution in [0.4, 0.5) is 11.4 Å². The van der Waals surface area contributed by atoms with Crippen LogP contribution in [0.2, 0.25) is 0 Å². The molecule has 0 spiro atoms. The molecule has 1 amide bonds. The number of carbonyl (C=O) groups is 1. The van der Waals surface area contributed by atoms with Crippen molar-refractivity contribution in [1.82, 2.24) is 9.59 Å². The van der Waals surface area contributed by atoms with E-state index in [2.05, 4.69) is 14.9 Å². The van der Waals surface area contributed by atoms with Gasteiger partial charge in [0.05, 0.1) is 6.20 Å². The summed E-state index contributed by atoms with van der Waals surface area (Å²) in [7, 11) is 0. The average molecular weight is 234 g/mol. The van der Waals surface area contributed by atoms with E-state index in [-0.39, 0.29) is 5.91 Å². The van der Waals surface area contributed by atoms with Gasteiger partial charge in [-0.3, -0.25) is 4.79 Å². The zero-order valence-electron chi connectivity index (χ0n) is 8.60. The van der Waals surface area contributed by atoms with Crippen molar-refractivity contribution in [3.05, 3.63) is 34.8 Å². The fourth-order valence-corrected chi connectivity index (χ4v) is 1.59. The Hall–Kier alpha value is -1.95. The maximum Gasteiger partial charge on any atom is 0.269 e. The number of hydrogen-bond donors (Lipinski definition) is 2. The summed E-state index contributed by atoms with van der Waals surface area (Å²) in [5.41, 5.74) is 8.05. The van der Waals surface area contributed by atoms with E-state index in [9.17, 15) is 4.79 Å². The van der Waals surface area contributed by atoms with E-state index in [1.54, 1.807) is 12.1 Å².